The average molecular weight is 415 g/mol. The number of halogens is 1. The highest BCUT2D eigenvalue weighted by Crippen LogP contribution is 2.30. The van der Waals surface area contributed by atoms with E-state index in [1.54, 1.807) is 12.3 Å². The molecule has 1 amide bonds. The summed E-state index contributed by atoms with van der Waals surface area (Å²) in [6.45, 7) is 0.929. The molecule has 0 aromatic carbocycles. The molecule has 1 saturated carbocycles. The molecule has 2 aliphatic rings. The van der Waals surface area contributed by atoms with Gasteiger partial charge in [0.05, 0.1) is 24.3 Å². The summed E-state index contributed by atoms with van der Waals surface area (Å²) in [4.78, 5) is 23.7. The molecule has 29 heavy (non-hydrogen) atoms. The van der Waals surface area contributed by atoms with Gasteiger partial charge in [-0.25, -0.2) is 9.97 Å². The lowest BCUT2D eigenvalue weighted by molar-refractivity contribution is -0.122. The zero-order valence-corrected chi connectivity index (χ0v) is 17.5. The maximum atomic E-state index is 12.6. The van der Waals surface area contributed by atoms with Crippen LogP contribution in [0.2, 0.25) is 5.15 Å². The predicted octanol–water partition coefficient (Wildman–Crippen LogP) is 2.68. The maximum absolute atomic E-state index is 12.6. The topological polar surface area (TPSA) is 78.4 Å². The minimum absolute atomic E-state index is 0.0804. The number of nitrogens with one attached hydrogen (secondary N) is 1. The van der Waals surface area contributed by atoms with Gasteiger partial charge in [0, 0.05) is 19.8 Å². The van der Waals surface area contributed by atoms with Crippen molar-refractivity contribution < 1.29 is 9.90 Å². The van der Waals surface area contributed by atoms with Crippen molar-refractivity contribution in [3.8, 4) is 0 Å². The van der Waals surface area contributed by atoms with E-state index in [1.165, 1.54) is 11.1 Å². The van der Waals surface area contributed by atoms with Gasteiger partial charge in [0.2, 0.25) is 5.91 Å². The van der Waals surface area contributed by atoms with Gasteiger partial charge >= 0.3 is 0 Å². The lowest BCUT2D eigenvalue weighted by Gasteiger charge is -2.28. The summed E-state index contributed by atoms with van der Waals surface area (Å²) >= 11 is 5.91. The van der Waals surface area contributed by atoms with Crippen LogP contribution in [0.3, 0.4) is 0 Å². The molecule has 2 atom stereocenters. The zero-order valence-electron chi connectivity index (χ0n) is 16.7. The second kappa shape index (κ2) is 8.67. The Morgan fingerprint density at radius 2 is 2.17 bits per heavy atom. The smallest absolute Gasteiger partial charge is 0.226 e. The minimum atomic E-state index is -0.445. The van der Waals surface area contributed by atoms with Crippen LogP contribution in [0, 0.1) is 0 Å². The summed E-state index contributed by atoms with van der Waals surface area (Å²) in [5.74, 6) is 0.882. The Morgan fingerprint density at radius 3 is 2.93 bits per heavy atom. The number of hydrogen-bond donors (Lipinski definition) is 2. The van der Waals surface area contributed by atoms with Crippen LogP contribution in [-0.2, 0) is 24.1 Å². The molecule has 7 heteroatoms. The number of nitrogens with zero attached hydrogens (tertiary/aromatic N) is 3. The van der Waals surface area contributed by atoms with E-state index in [-0.39, 0.29) is 18.4 Å². The van der Waals surface area contributed by atoms with Gasteiger partial charge in [0.1, 0.15) is 11.0 Å². The Balaban J connectivity index is 1.53. The van der Waals surface area contributed by atoms with Crippen LogP contribution < -0.4 is 10.2 Å². The molecular weight excluding hydrogens is 388 g/mol. The first-order valence-corrected chi connectivity index (χ1v) is 10.7. The number of pyridine rings is 2. The molecule has 6 nitrogen and oxygen atoms in total. The van der Waals surface area contributed by atoms with Crippen molar-refractivity contribution in [2.24, 2.45) is 0 Å². The van der Waals surface area contributed by atoms with E-state index in [1.807, 2.05) is 19.2 Å². The molecule has 2 aromatic rings. The SMILES string of the molecule is CN1CCc2c(Cc3ccc(Cl)nc3)cc(CC(=O)N[C@H]3CCCC[C@@H]3O)nc21. The normalized spacial score (nSPS) is 21.1. The van der Waals surface area contributed by atoms with Crippen LogP contribution in [0.5, 0.6) is 0 Å². The molecule has 1 fully saturated rings. The fraction of sp³-hybridized carbons (Fsp3) is 0.500. The number of amides is 1. The lowest BCUT2D eigenvalue weighted by atomic mass is 9.92. The Bertz CT molecular complexity index is 887. The highest BCUT2D eigenvalue weighted by molar-refractivity contribution is 6.29. The van der Waals surface area contributed by atoms with Crippen molar-refractivity contribution in [3.05, 3.63) is 51.9 Å². The first kappa shape index (κ1) is 20.1. The van der Waals surface area contributed by atoms with Crippen LogP contribution in [-0.4, -0.2) is 46.7 Å². The summed E-state index contributed by atoms with van der Waals surface area (Å²) in [5.41, 5.74) is 4.27. The van der Waals surface area contributed by atoms with Gasteiger partial charge in [-0.15, -0.1) is 0 Å². The Labute approximate surface area is 176 Å². The van der Waals surface area contributed by atoms with Gasteiger partial charge in [0.25, 0.3) is 0 Å². The quantitative estimate of drug-likeness (QED) is 0.735. The van der Waals surface area contributed by atoms with Gasteiger partial charge in [0.15, 0.2) is 0 Å². The van der Waals surface area contributed by atoms with Crippen molar-refractivity contribution in [1.29, 1.82) is 0 Å². The molecule has 1 aliphatic heterocycles. The van der Waals surface area contributed by atoms with E-state index >= 15 is 0 Å². The third kappa shape index (κ3) is 4.70. The van der Waals surface area contributed by atoms with E-state index in [9.17, 15) is 9.90 Å². The largest absolute Gasteiger partial charge is 0.391 e. The second-order valence-corrected chi connectivity index (χ2v) is 8.50. The summed E-state index contributed by atoms with van der Waals surface area (Å²) in [6.07, 6.45) is 6.92. The van der Waals surface area contributed by atoms with E-state index in [0.717, 1.165) is 62.1 Å². The fourth-order valence-corrected chi connectivity index (χ4v) is 4.43. The molecule has 4 rings (SSSR count). The monoisotopic (exact) mass is 414 g/mol. The Morgan fingerprint density at radius 1 is 1.34 bits per heavy atom. The number of carbonyl (C=O) groups excluding carboxylic acids is 1. The molecule has 0 saturated heterocycles. The van der Waals surface area contributed by atoms with Crippen LogP contribution in [0.15, 0.2) is 24.4 Å². The molecule has 2 N–H and O–H groups in total. The summed E-state index contributed by atoms with van der Waals surface area (Å²) in [7, 11) is 2.04. The van der Waals surface area contributed by atoms with Crippen molar-refractivity contribution in [2.75, 3.05) is 18.5 Å². The third-order valence-corrected chi connectivity index (χ3v) is 6.13. The number of aliphatic hydroxyl groups is 1. The Kier molecular flexibility index (Phi) is 6.01. The number of anilines is 1. The highest BCUT2D eigenvalue weighted by atomic mass is 35.5. The number of hydrogen-bond acceptors (Lipinski definition) is 5. The molecule has 154 valence electrons. The summed E-state index contributed by atoms with van der Waals surface area (Å²) in [6, 6.07) is 5.68. The highest BCUT2D eigenvalue weighted by Gasteiger charge is 2.26. The molecule has 2 aromatic heterocycles. The lowest BCUT2D eigenvalue weighted by Crippen LogP contribution is -2.45. The van der Waals surface area contributed by atoms with Crippen molar-refractivity contribution in [1.82, 2.24) is 15.3 Å². The van der Waals surface area contributed by atoms with Gasteiger partial charge in [-0.1, -0.05) is 30.5 Å². The minimum Gasteiger partial charge on any atom is -0.391 e. The van der Waals surface area contributed by atoms with Crippen molar-refractivity contribution in [3.63, 3.8) is 0 Å². The Hall–Kier alpha value is -2.18. The summed E-state index contributed by atoms with van der Waals surface area (Å²) in [5, 5.41) is 13.6. The molecular formula is C22H27ClN4O2. The molecule has 0 bridgehead atoms. The van der Waals surface area contributed by atoms with Crippen LogP contribution in [0.4, 0.5) is 5.82 Å². The van der Waals surface area contributed by atoms with Crippen LogP contribution in [0.1, 0.15) is 48.1 Å². The van der Waals surface area contributed by atoms with Crippen molar-refractivity contribution in [2.45, 2.75) is 57.1 Å². The maximum Gasteiger partial charge on any atom is 0.226 e. The van der Waals surface area contributed by atoms with Gasteiger partial charge < -0.3 is 15.3 Å². The molecule has 3 heterocycles. The second-order valence-electron chi connectivity index (χ2n) is 8.11. The predicted molar refractivity (Wildman–Crippen MR) is 113 cm³/mol. The first-order chi connectivity index (χ1) is 14.0. The average Bonchev–Trinajstić information content (AvgIpc) is 3.07. The van der Waals surface area contributed by atoms with E-state index in [4.69, 9.17) is 16.6 Å². The number of fused-ring (bicyclic) bond motifs is 1. The van der Waals surface area contributed by atoms with Crippen LogP contribution in [0.25, 0.3) is 0 Å². The van der Waals surface area contributed by atoms with Gasteiger partial charge in [-0.05, 0) is 54.5 Å². The zero-order chi connectivity index (χ0) is 20.4. The fourth-order valence-electron chi connectivity index (χ4n) is 4.32. The van der Waals surface area contributed by atoms with E-state index in [2.05, 4.69) is 15.2 Å². The molecule has 0 unspecified atom stereocenters. The van der Waals surface area contributed by atoms with Crippen molar-refractivity contribution >= 4 is 23.3 Å². The first-order valence-electron chi connectivity index (χ1n) is 10.3. The molecule has 1 aliphatic carbocycles. The number of rotatable bonds is 5. The molecule has 0 radical (unpaired) electrons. The number of aliphatic hydroxyl groups excluding tert-OH is 1. The van der Waals surface area contributed by atoms with Crippen LogP contribution >= 0.6 is 11.6 Å². The van der Waals surface area contributed by atoms with Gasteiger partial charge in [-0.3, -0.25) is 4.79 Å². The summed E-state index contributed by atoms with van der Waals surface area (Å²) < 4.78 is 0. The number of carbonyl (C=O) groups is 1. The molecule has 0 spiro atoms. The van der Waals surface area contributed by atoms with E-state index in [0.29, 0.717) is 5.15 Å². The standard InChI is InChI=1S/C22H27ClN4O2/c1-27-9-8-17-15(10-14-6-7-20(23)24-13-14)11-16(25-22(17)27)12-21(29)26-18-4-2-3-5-19(18)28/h6-7,11,13,18-19,28H,2-5,8-10,12H2,1H3,(H,26,29)/t18-,19-/m0/s1. The van der Waals surface area contributed by atoms with Gasteiger partial charge in [-0.2, -0.15) is 0 Å². The van der Waals surface area contributed by atoms with E-state index < -0.39 is 6.10 Å². The number of likely N-dealkylation sites (N-methyl/N-ethyl adjacent to an activating group) is 1. The number of aromatic nitrogens is 2. The third-order valence-electron chi connectivity index (χ3n) is 5.91.